The molecule has 1 aliphatic heterocycles. The smallest absolute Gasteiger partial charge is 0.0660 e. The highest BCUT2D eigenvalue weighted by atomic mass is 35.5. The molecule has 1 aromatic rings. The SMILES string of the molecule is CN(c1ccc(N)cc1Cl)C1CCOCC1. The molecule has 0 spiro atoms. The maximum Gasteiger partial charge on any atom is 0.0660 e. The Kier molecular flexibility index (Phi) is 3.56. The van der Waals surface area contributed by atoms with Crippen LogP contribution in [0.2, 0.25) is 5.02 Å². The summed E-state index contributed by atoms with van der Waals surface area (Å²) in [6.45, 7) is 1.67. The molecule has 0 bridgehead atoms. The Labute approximate surface area is 101 Å². The maximum atomic E-state index is 6.19. The fraction of sp³-hybridized carbons (Fsp3) is 0.500. The van der Waals surface area contributed by atoms with Gasteiger partial charge in [-0.3, -0.25) is 0 Å². The van der Waals surface area contributed by atoms with E-state index in [1.54, 1.807) is 6.07 Å². The second kappa shape index (κ2) is 4.93. The molecule has 1 aliphatic rings. The van der Waals surface area contributed by atoms with Gasteiger partial charge in [0.05, 0.1) is 10.7 Å². The van der Waals surface area contributed by atoms with Crippen LogP contribution in [-0.4, -0.2) is 26.3 Å². The van der Waals surface area contributed by atoms with E-state index in [2.05, 4.69) is 11.9 Å². The number of nitrogens with zero attached hydrogens (tertiary/aromatic N) is 1. The van der Waals surface area contributed by atoms with Crippen molar-refractivity contribution in [2.24, 2.45) is 0 Å². The average molecular weight is 241 g/mol. The largest absolute Gasteiger partial charge is 0.399 e. The van der Waals surface area contributed by atoms with Gasteiger partial charge in [0.1, 0.15) is 0 Å². The van der Waals surface area contributed by atoms with E-state index in [4.69, 9.17) is 22.1 Å². The predicted octanol–water partition coefficient (Wildman–Crippen LogP) is 2.54. The molecule has 4 heteroatoms. The van der Waals surface area contributed by atoms with Gasteiger partial charge in [-0.15, -0.1) is 0 Å². The summed E-state index contributed by atoms with van der Waals surface area (Å²) >= 11 is 6.19. The zero-order valence-corrected chi connectivity index (χ0v) is 10.2. The van der Waals surface area contributed by atoms with Crippen molar-refractivity contribution in [3.8, 4) is 0 Å². The topological polar surface area (TPSA) is 38.5 Å². The van der Waals surface area contributed by atoms with Gasteiger partial charge < -0.3 is 15.4 Å². The number of nitrogens with two attached hydrogens (primary N) is 1. The number of hydrogen-bond acceptors (Lipinski definition) is 3. The average Bonchev–Trinajstić information content (AvgIpc) is 2.29. The lowest BCUT2D eigenvalue weighted by Gasteiger charge is -2.33. The monoisotopic (exact) mass is 240 g/mol. The van der Waals surface area contributed by atoms with Gasteiger partial charge in [0.2, 0.25) is 0 Å². The van der Waals surface area contributed by atoms with Gasteiger partial charge >= 0.3 is 0 Å². The Bertz CT molecular complexity index is 364. The van der Waals surface area contributed by atoms with Crippen molar-refractivity contribution in [2.75, 3.05) is 30.9 Å². The van der Waals surface area contributed by atoms with Crippen LogP contribution in [0.15, 0.2) is 18.2 Å². The number of halogens is 1. The summed E-state index contributed by atoms with van der Waals surface area (Å²) in [5.74, 6) is 0. The minimum atomic E-state index is 0.509. The van der Waals surface area contributed by atoms with Crippen LogP contribution in [0.5, 0.6) is 0 Å². The van der Waals surface area contributed by atoms with Gasteiger partial charge in [0.15, 0.2) is 0 Å². The van der Waals surface area contributed by atoms with Gasteiger partial charge in [0.25, 0.3) is 0 Å². The van der Waals surface area contributed by atoms with Gasteiger partial charge in [-0.1, -0.05) is 11.6 Å². The first-order valence-corrected chi connectivity index (χ1v) is 5.92. The van der Waals surface area contributed by atoms with Gasteiger partial charge in [-0.2, -0.15) is 0 Å². The zero-order chi connectivity index (χ0) is 11.5. The molecule has 0 atom stereocenters. The van der Waals surface area contributed by atoms with Crippen LogP contribution in [0, 0.1) is 0 Å². The molecule has 1 aromatic carbocycles. The molecule has 1 saturated heterocycles. The summed E-state index contributed by atoms with van der Waals surface area (Å²) in [7, 11) is 2.08. The summed E-state index contributed by atoms with van der Waals surface area (Å²) in [4.78, 5) is 2.23. The van der Waals surface area contributed by atoms with Crippen LogP contribution in [0.3, 0.4) is 0 Å². The van der Waals surface area contributed by atoms with Gasteiger partial charge in [-0.05, 0) is 31.0 Å². The Morgan fingerprint density at radius 1 is 1.38 bits per heavy atom. The molecule has 0 amide bonds. The van der Waals surface area contributed by atoms with Crippen molar-refractivity contribution >= 4 is 23.0 Å². The second-order valence-corrected chi connectivity index (χ2v) is 4.57. The number of nitrogen functional groups attached to an aromatic ring is 1. The number of anilines is 2. The van der Waals surface area contributed by atoms with E-state index in [1.807, 2.05) is 12.1 Å². The van der Waals surface area contributed by atoms with Crippen LogP contribution in [0.4, 0.5) is 11.4 Å². The van der Waals surface area contributed by atoms with E-state index in [0.29, 0.717) is 16.8 Å². The van der Waals surface area contributed by atoms with E-state index in [0.717, 1.165) is 31.7 Å². The van der Waals surface area contributed by atoms with Crippen LogP contribution in [0.1, 0.15) is 12.8 Å². The highest BCUT2D eigenvalue weighted by Gasteiger charge is 2.20. The summed E-state index contributed by atoms with van der Waals surface area (Å²) in [5.41, 5.74) is 7.43. The first kappa shape index (κ1) is 11.6. The van der Waals surface area contributed by atoms with Crippen molar-refractivity contribution in [1.29, 1.82) is 0 Å². The third kappa shape index (κ3) is 2.42. The lowest BCUT2D eigenvalue weighted by molar-refractivity contribution is 0.0855. The maximum absolute atomic E-state index is 6.19. The molecule has 0 saturated carbocycles. The van der Waals surface area contributed by atoms with Crippen molar-refractivity contribution in [1.82, 2.24) is 0 Å². The van der Waals surface area contributed by atoms with Crippen molar-refractivity contribution < 1.29 is 4.74 Å². The predicted molar refractivity (Wildman–Crippen MR) is 68.1 cm³/mol. The Morgan fingerprint density at radius 3 is 2.69 bits per heavy atom. The Balaban J connectivity index is 2.15. The number of hydrogen-bond donors (Lipinski definition) is 1. The normalized spacial score (nSPS) is 17.4. The van der Waals surface area contributed by atoms with E-state index < -0.39 is 0 Å². The molecule has 1 fully saturated rings. The van der Waals surface area contributed by atoms with Crippen molar-refractivity contribution in [3.05, 3.63) is 23.2 Å². The molecule has 0 unspecified atom stereocenters. The summed E-state index contributed by atoms with van der Waals surface area (Å²) in [6, 6.07) is 6.17. The molecule has 2 rings (SSSR count). The summed E-state index contributed by atoms with van der Waals surface area (Å²) in [5, 5.41) is 0.717. The lowest BCUT2D eigenvalue weighted by Crippen LogP contribution is -2.36. The Morgan fingerprint density at radius 2 is 2.06 bits per heavy atom. The van der Waals surface area contributed by atoms with Crippen LogP contribution < -0.4 is 10.6 Å². The quantitative estimate of drug-likeness (QED) is 0.808. The molecule has 2 N–H and O–H groups in total. The lowest BCUT2D eigenvalue weighted by atomic mass is 10.1. The van der Waals surface area contributed by atoms with Crippen molar-refractivity contribution in [2.45, 2.75) is 18.9 Å². The molecular formula is C12H17ClN2O. The molecule has 0 aromatic heterocycles. The zero-order valence-electron chi connectivity index (χ0n) is 9.45. The summed E-state index contributed by atoms with van der Waals surface area (Å²) < 4.78 is 5.36. The highest BCUT2D eigenvalue weighted by Crippen LogP contribution is 2.30. The fourth-order valence-electron chi connectivity index (χ4n) is 2.08. The van der Waals surface area contributed by atoms with E-state index in [1.165, 1.54) is 0 Å². The van der Waals surface area contributed by atoms with Crippen LogP contribution >= 0.6 is 11.6 Å². The van der Waals surface area contributed by atoms with Crippen LogP contribution in [0.25, 0.3) is 0 Å². The molecular weight excluding hydrogens is 224 g/mol. The molecule has 0 radical (unpaired) electrons. The minimum Gasteiger partial charge on any atom is -0.399 e. The first-order chi connectivity index (χ1) is 7.68. The minimum absolute atomic E-state index is 0.509. The van der Waals surface area contributed by atoms with E-state index in [-0.39, 0.29) is 0 Å². The standard InChI is InChI=1S/C12H17ClN2O/c1-15(10-4-6-16-7-5-10)12-3-2-9(14)8-11(12)13/h2-3,8,10H,4-7,14H2,1H3. The van der Waals surface area contributed by atoms with Gasteiger partial charge in [0, 0.05) is 32.0 Å². The molecule has 1 heterocycles. The van der Waals surface area contributed by atoms with E-state index in [9.17, 15) is 0 Å². The van der Waals surface area contributed by atoms with Gasteiger partial charge in [-0.25, -0.2) is 0 Å². The third-order valence-corrected chi connectivity index (χ3v) is 3.39. The number of rotatable bonds is 2. The second-order valence-electron chi connectivity index (χ2n) is 4.17. The molecule has 3 nitrogen and oxygen atoms in total. The highest BCUT2D eigenvalue weighted by molar-refractivity contribution is 6.33. The van der Waals surface area contributed by atoms with E-state index >= 15 is 0 Å². The summed E-state index contributed by atoms with van der Waals surface area (Å²) in [6.07, 6.45) is 2.11. The third-order valence-electron chi connectivity index (χ3n) is 3.09. The first-order valence-electron chi connectivity index (χ1n) is 5.54. The fourth-order valence-corrected chi connectivity index (χ4v) is 2.40. The number of benzene rings is 1. The molecule has 16 heavy (non-hydrogen) atoms. The van der Waals surface area contributed by atoms with Crippen LogP contribution in [-0.2, 0) is 4.74 Å². The molecule has 0 aliphatic carbocycles. The molecule has 88 valence electrons. The number of ether oxygens (including phenoxy) is 1. The van der Waals surface area contributed by atoms with Crippen molar-refractivity contribution in [3.63, 3.8) is 0 Å². The Hall–Kier alpha value is -0.930.